The van der Waals surface area contributed by atoms with Crippen molar-refractivity contribution in [2.75, 3.05) is 12.4 Å². The second-order valence-corrected chi connectivity index (χ2v) is 6.19. The van der Waals surface area contributed by atoms with Crippen LogP contribution in [0.2, 0.25) is 0 Å². The number of anilines is 1. The summed E-state index contributed by atoms with van der Waals surface area (Å²) >= 11 is 0. The molecular weight excluding hydrogens is 435 g/mol. The van der Waals surface area contributed by atoms with Crippen LogP contribution < -0.4 is 10.1 Å². The molecule has 1 amide bonds. The molecule has 0 aliphatic heterocycles. The summed E-state index contributed by atoms with van der Waals surface area (Å²) in [5.74, 6) is -40.5. The second kappa shape index (κ2) is 6.11. The summed E-state index contributed by atoms with van der Waals surface area (Å²) in [5.41, 5.74) is -7.42. The van der Waals surface area contributed by atoms with Crippen LogP contribution in [0.4, 0.5) is 54.0 Å². The van der Waals surface area contributed by atoms with Gasteiger partial charge in [0.05, 0.1) is 12.8 Å². The minimum absolute atomic E-state index is 0.179. The van der Waals surface area contributed by atoms with Crippen LogP contribution in [0.15, 0.2) is 18.2 Å². The third-order valence-corrected chi connectivity index (χ3v) is 4.36. The van der Waals surface area contributed by atoms with Crippen LogP contribution in [0.25, 0.3) is 0 Å². The van der Waals surface area contributed by atoms with Crippen molar-refractivity contribution in [3.8, 4) is 5.75 Å². The molecule has 1 aromatic carbocycles. The largest absolute Gasteiger partial charge is 0.495 e. The van der Waals surface area contributed by atoms with Crippen molar-refractivity contribution in [3.05, 3.63) is 23.8 Å². The fourth-order valence-corrected chi connectivity index (χ4v) is 2.63. The molecule has 0 saturated heterocycles. The van der Waals surface area contributed by atoms with E-state index in [1.54, 1.807) is 0 Å². The molecule has 0 unspecified atom stereocenters. The average molecular weight is 445 g/mol. The zero-order chi connectivity index (χ0) is 22.8. The number of benzene rings is 1. The Hall–Kier alpha value is -2.28. The Balaban J connectivity index is 2.71. The molecule has 1 aromatic rings. The van der Waals surface area contributed by atoms with Crippen LogP contribution >= 0.6 is 0 Å². The summed E-state index contributed by atoms with van der Waals surface area (Å²) in [6.45, 7) is 1.30. The van der Waals surface area contributed by atoms with E-state index < -0.39 is 52.6 Å². The first-order valence-corrected chi connectivity index (χ1v) is 7.38. The van der Waals surface area contributed by atoms with Gasteiger partial charge < -0.3 is 10.1 Å². The van der Waals surface area contributed by atoms with E-state index in [9.17, 15) is 53.1 Å². The Morgan fingerprint density at radius 3 is 1.62 bits per heavy atom. The lowest BCUT2D eigenvalue weighted by molar-refractivity contribution is -0.475. The molecule has 2 rings (SSSR count). The lowest BCUT2D eigenvalue weighted by Crippen LogP contribution is -2.86. The number of alkyl halides is 11. The predicted octanol–water partition coefficient (Wildman–Crippen LogP) is 4.84. The SMILES string of the molecule is COc1ccc(C)cc1NC(=O)C1(F)C(F)(F)C(F)(F)C(F)(F)C(F)(F)C1(F)F. The van der Waals surface area contributed by atoms with Gasteiger partial charge in [0.2, 0.25) is 0 Å². The molecule has 1 N–H and O–H groups in total. The maximum atomic E-state index is 14.6. The van der Waals surface area contributed by atoms with Gasteiger partial charge in [0, 0.05) is 0 Å². The number of carbonyl (C=O) groups is 1. The standard InChI is InChI=1S/C15H10F11NO2/c1-6-3-4-8(29-2)7(5-6)27-9(28)10(16)11(17,18)13(21,22)15(25,26)14(23,24)12(10,19)20/h3-5H,1-2H3,(H,27,28). The molecule has 0 heterocycles. The van der Waals surface area contributed by atoms with Gasteiger partial charge >= 0.3 is 35.3 Å². The van der Waals surface area contributed by atoms with E-state index >= 15 is 0 Å². The molecule has 14 heteroatoms. The molecule has 1 fully saturated rings. The van der Waals surface area contributed by atoms with E-state index in [0.717, 1.165) is 24.6 Å². The highest BCUT2D eigenvalue weighted by Gasteiger charge is 3.02. The lowest BCUT2D eigenvalue weighted by atomic mass is 9.71. The van der Waals surface area contributed by atoms with Crippen molar-refractivity contribution >= 4 is 11.6 Å². The number of halogens is 11. The van der Waals surface area contributed by atoms with E-state index in [1.165, 1.54) is 13.0 Å². The summed E-state index contributed by atoms with van der Waals surface area (Å²) < 4.78 is 155. The van der Waals surface area contributed by atoms with Crippen LogP contribution in [-0.4, -0.2) is 48.3 Å². The molecule has 0 atom stereocenters. The molecule has 29 heavy (non-hydrogen) atoms. The minimum Gasteiger partial charge on any atom is -0.495 e. The molecule has 1 saturated carbocycles. The molecule has 0 radical (unpaired) electrons. The molecule has 3 nitrogen and oxygen atoms in total. The minimum atomic E-state index is -7.39. The number of carbonyl (C=O) groups excluding carboxylic acids is 1. The fraction of sp³-hybridized carbons (Fsp3) is 0.533. The van der Waals surface area contributed by atoms with E-state index in [2.05, 4.69) is 4.74 Å². The molecule has 1 aliphatic rings. The van der Waals surface area contributed by atoms with Gasteiger partial charge in [-0.05, 0) is 24.6 Å². The van der Waals surface area contributed by atoms with E-state index in [-0.39, 0.29) is 5.56 Å². The Morgan fingerprint density at radius 2 is 1.21 bits per heavy atom. The van der Waals surface area contributed by atoms with Crippen LogP contribution in [0.1, 0.15) is 5.56 Å². The van der Waals surface area contributed by atoms with Crippen molar-refractivity contribution in [3.63, 3.8) is 0 Å². The smallest absolute Gasteiger partial charge is 0.384 e. The number of methoxy groups -OCH3 is 1. The van der Waals surface area contributed by atoms with Crippen molar-refractivity contribution in [1.29, 1.82) is 0 Å². The summed E-state index contributed by atoms with van der Waals surface area (Å²) in [6, 6.07) is 3.08. The topological polar surface area (TPSA) is 38.3 Å². The first-order chi connectivity index (χ1) is 12.8. The zero-order valence-corrected chi connectivity index (χ0v) is 14.2. The van der Waals surface area contributed by atoms with Crippen molar-refractivity contribution in [2.24, 2.45) is 0 Å². The molecule has 0 bridgehead atoms. The van der Waals surface area contributed by atoms with Crippen molar-refractivity contribution in [2.45, 2.75) is 42.2 Å². The van der Waals surface area contributed by atoms with Gasteiger partial charge in [0.25, 0.3) is 5.91 Å². The summed E-state index contributed by atoms with van der Waals surface area (Å²) in [5, 5.41) is 1.02. The Morgan fingerprint density at radius 1 is 0.793 bits per heavy atom. The molecule has 164 valence electrons. The summed E-state index contributed by atoms with van der Waals surface area (Å²) in [6.07, 6.45) is 0. The van der Waals surface area contributed by atoms with Gasteiger partial charge in [-0.25, -0.2) is 4.39 Å². The molecule has 0 spiro atoms. The maximum Gasteiger partial charge on any atom is 0.384 e. The number of aryl methyl sites for hydroxylation is 1. The predicted molar refractivity (Wildman–Crippen MR) is 74.9 cm³/mol. The third kappa shape index (κ3) is 2.46. The highest BCUT2D eigenvalue weighted by atomic mass is 19.4. The number of amides is 1. The zero-order valence-electron chi connectivity index (χ0n) is 14.2. The van der Waals surface area contributed by atoms with Gasteiger partial charge in [0.1, 0.15) is 5.75 Å². The molecule has 0 aromatic heterocycles. The van der Waals surface area contributed by atoms with Crippen molar-refractivity contribution < 1.29 is 57.8 Å². The first-order valence-electron chi connectivity index (χ1n) is 7.38. The number of nitrogens with one attached hydrogen (secondary N) is 1. The molecular formula is C15H10F11NO2. The van der Waals surface area contributed by atoms with Crippen LogP contribution in [-0.2, 0) is 4.79 Å². The third-order valence-electron chi connectivity index (χ3n) is 4.36. The van der Waals surface area contributed by atoms with E-state index in [0.29, 0.717) is 0 Å². The summed E-state index contributed by atoms with van der Waals surface area (Å²) in [4.78, 5) is 11.9. The highest BCUT2D eigenvalue weighted by Crippen LogP contribution is 2.69. The summed E-state index contributed by atoms with van der Waals surface area (Å²) in [7, 11) is 0.915. The Labute approximate surface area is 154 Å². The van der Waals surface area contributed by atoms with Crippen LogP contribution in [0.5, 0.6) is 5.75 Å². The van der Waals surface area contributed by atoms with Gasteiger partial charge in [-0.2, -0.15) is 43.9 Å². The Bertz CT molecular complexity index is 808. The van der Waals surface area contributed by atoms with E-state index in [4.69, 9.17) is 0 Å². The number of hydrogen-bond acceptors (Lipinski definition) is 2. The lowest BCUT2D eigenvalue weighted by Gasteiger charge is -2.51. The van der Waals surface area contributed by atoms with Gasteiger partial charge in [0.15, 0.2) is 0 Å². The quantitative estimate of drug-likeness (QED) is 0.677. The normalized spacial score (nSPS) is 25.1. The fourth-order valence-electron chi connectivity index (χ4n) is 2.63. The Kier molecular flexibility index (Phi) is 4.85. The number of rotatable bonds is 3. The van der Waals surface area contributed by atoms with Gasteiger partial charge in [-0.3, -0.25) is 4.79 Å². The maximum absolute atomic E-state index is 14.6. The van der Waals surface area contributed by atoms with Gasteiger partial charge in [-0.15, -0.1) is 0 Å². The van der Waals surface area contributed by atoms with Gasteiger partial charge in [-0.1, -0.05) is 6.07 Å². The molecule has 1 aliphatic carbocycles. The first kappa shape index (κ1) is 23.0. The van der Waals surface area contributed by atoms with Crippen molar-refractivity contribution in [1.82, 2.24) is 0 Å². The average Bonchev–Trinajstić information content (AvgIpc) is 2.59. The van der Waals surface area contributed by atoms with Crippen LogP contribution in [0, 0.1) is 6.92 Å². The van der Waals surface area contributed by atoms with E-state index in [1.807, 2.05) is 0 Å². The monoisotopic (exact) mass is 445 g/mol. The highest BCUT2D eigenvalue weighted by molar-refractivity contribution is 6.00. The number of ether oxygens (including phenoxy) is 1. The number of hydrogen-bond donors (Lipinski definition) is 1. The van der Waals surface area contributed by atoms with Crippen LogP contribution in [0.3, 0.4) is 0 Å². The second-order valence-electron chi connectivity index (χ2n) is 6.19.